The third-order valence-electron chi connectivity index (χ3n) is 2.85. The van der Waals surface area contributed by atoms with Gasteiger partial charge in [-0.05, 0) is 0 Å². The molecule has 0 aromatic rings. The molecule has 0 saturated carbocycles. The molecule has 0 saturated heterocycles. The van der Waals surface area contributed by atoms with Gasteiger partial charge in [0.2, 0.25) is 0 Å². The molecule has 0 fully saturated rings. The van der Waals surface area contributed by atoms with E-state index >= 15 is 0 Å². The predicted octanol–water partition coefficient (Wildman–Crippen LogP) is -2.30. The molecule has 0 aliphatic rings. The van der Waals surface area contributed by atoms with Crippen LogP contribution in [-0.4, -0.2) is 77.6 Å². The van der Waals surface area contributed by atoms with Crippen LogP contribution in [0.1, 0.15) is 20.3 Å². The first-order chi connectivity index (χ1) is 9.21. The van der Waals surface area contributed by atoms with E-state index in [0.29, 0.717) is 6.42 Å². The molecule has 0 aromatic heterocycles. The van der Waals surface area contributed by atoms with Crippen molar-refractivity contribution in [2.75, 3.05) is 19.8 Å². The molecule has 3 unspecified atom stereocenters. The third-order valence-corrected chi connectivity index (χ3v) is 4.03. The van der Waals surface area contributed by atoms with Crippen LogP contribution in [-0.2, 0) is 14.4 Å². The van der Waals surface area contributed by atoms with Crippen molar-refractivity contribution >= 4 is 16.1 Å². The van der Waals surface area contributed by atoms with Gasteiger partial charge in [0.25, 0.3) is 0 Å². The van der Waals surface area contributed by atoms with Gasteiger partial charge in [0.05, 0.1) is 0 Å². The number of nitrogens with zero attached hydrogens (tertiary/aromatic N) is 1. The Bertz CT molecular complexity index is 389. The fraction of sp³-hybridized carbons (Fsp3) is 1.00. The summed E-state index contributed by atoms with van der Waals surface area (Å²) in [7, 11) is -4.51. The van der Waals surface area contributed by atoms with E-state index in [1.54, 1.807) is 0 Å². The SMILES string of the molecule is CC(C)CC(CO)N(CCO)C(O)C(O)S(=O)(=O)B=O. The second-order valence-electron chi connectivity index (χ2n) is 4.92. The summed E-state index contributed by atoms with van der Waals surface area (Å²) < 4.78 is 32.9. The third kappa shape index (κ3) is 5.54. The molecule has 3 atom stereocenters. The topological polar surface area (TPSA) is 135 Å². The van der Waals surface area contributed by atoms with Gasteiger partial charge in [-0.15, -0.1) is 0 Å². The van der Waals surface area contributed by atoms with Crippen molar-refractivity contribution < 1.29 is 33.5 Å². The van der Waals surface area contributed by atoms with E-state index in [0.717, 1.165) is 4.90 Å². The van der Waals surface area contributed by atoms with Crippen molar-refractivity contribution in [3.63, 3.8) is 0 Å². The average Bonchev–Trinajstić information content (AvgIpc) is 2.40. The van der Waals surface area contributed by atoms with Crippen LogP contribution in [0.5, 0.6) is 0 Å². The Hall–Kier alpha value is -0.385. The normalized spacial score (nSPS) is 17.0. The number of rotatable bonds is 10. The van der Waals surface area contributed by atoms with E-state index in [9.17, 15) is 28.4 Å². The van der Waals surface area contributed by atoms with E-state index < -0.39 is 40.4 Å². The van der Waals surface area contributed by atoms with Crippen molar-refractivity contribution in [3.05, 3.63) is 0 Å². The monoisotopic (exact) mass is 311 g/mol. The van der Waals surface area contributed by atoms with E-state index in [-0.39, 0.29) is 19.1 Å². The van der Waals surface area contributed by atoms with Gasteiger partial charge >= 0.3 is 118 Å². The minimum absolute atomic E-state index is 0.139. The number of hydrogen-bond acceptors (Lipinski definition) is 8. The molecule has 0 spiro atoms. The molecule has 0 amide bonds. The zero-order chi connectivity index (χ0) is 15.9. The molecular weight excluding hydrogens is 289 g/mol. The molecule has 0 aliphatic carbocycles. The first kappa shape index (κ1) is 19.6. The Labute approximate surface area is 119 Å². The molecule has 0 rings (SSSR count). The molecule has 20 heavy (non-hydrogen) atoms. The first-order valence-corrected chi connectivity index (χ1v) is 7.84. The quantitative estimate of drug-likeness (QED) is 0.261. The Morgan fingerprint density at radius 3 is 2.10 bits per heavy atom. The van der Waals surface area contributed by atoms with Crippen LogP contribution in [0.4, 0.5) is 0 Å². The molecule has 10 heteroatoms. The summed E-state index contributed by atoms with van der Waals surface area (Å²) in [6.45, 7) is 2.79. The van der Waals surface area contributed by atoms with Gasteiger partial charge in [-0.1, -0.05) is 0 Å². The predicted molar refractivity (Wildman–Crippen MR) is 71.5 cm³/mol. The summed E-state index contributed by atoms with van der Waals surface area (Å²) >= 11 is 0. The van der Waals surface area contributed by atoms with Gasteiger partial charge in [0.1, 0.15) is 0 Å². The maximum absolute atomic E-state index is 11.3. The molecule has 0 heterocycles. The molecule has 0 bridgehead atoms. The summed E-state index contributed by atoms with van der Waals surface area (Å²) in [5.41, 5.74) is -2.33. The van der Waals surface area contributed by atoms with Gasteiger partial charge in [-0.3, -0.25) is 0 Å². The summed E-state index contributed by atoms with van der Waals surface area (Å²) in [6, 6.07) is -0.645. The first-order valence-electron chi connectivity index (χ1n) is 6.23. The Morgan fingerprint density at radius 1 is 1.20 bits per heavy atom. The van der Waals surface area contributed by atoms with E-state index in [1.807, 2.05) is 13.8 Å². The van der Waals surface area contributed by atoms with Crippen molar-refractivity contribution in [1.82, 2.24) is 4.90 Å². The molecular formula is C10H22BNO7S. The zero-order valence-corrected chi connectivity index (χ0v) is 12.4. The molecule has 118 valence electrons. The Balaban J connectivity index is 5.19. The van der Waals surface area contributed by atoms with Gasteiger partial charge in [0.15, 0.2) is 0 Å². The van der Waals surface area contributed by atoms with Gasteiger partial charge in [-0.25, -0.2) is 0 Å². The fourth-order valence-electron chi connectivity index (χ4n) is 1.90. The van der Waals surface area contributed by atoms with Crippen LogP contribution in [0, 0.1) is 5.92 Å². The van der Waals surface area contributed by atoms with Crippen LogP contribution < -0.4 is 0 Å². The summed E-state index contributed by atoms with van der Waals surface area (Å²) in [5, 5.41) is 37.8. The van der Waals surface area contributed by atoms with Crippen molar-refractivity contribution in [2.24, 2.45) is 5.92 Å². The van der Waals surface area contributed by atoms with Crippen LogP contribution in [0.3, 0.4) is 0 Å². The second kappa shape index (κ2) is 8.80. The molecule has 0 aromatic carbocycles. The number of aliphatic hydroxyl groups is 4. The van der Waals surface area contributed by atoms with Gasteiger partial charge < -0.3 is 0 Å². The summed E-state index contributed by atoms with van der Waals surface area (Å²) in [4.78, 5) is 1.08. The molecule has 4 N–H and O–H groups in total. The molecule has 0 radical (unpaired) electrons. The standard InChI is InChI=1S/C10H22BNO7S/c1-7(2)5-8(6-14)12(3-4-13)9(15)10(16)20(18,19)11-17/h7-10,13-16H,3-6H2,1-2H3. The van der Waals surface area contributed by atoms with E-state index in [2.05, 4.69) is 0 Å². The number of hydrogen-bond donors (Lipinski definition) is 4. The van der Waals surface area contributed by atoms with Crippen LogP contribution in [0.25, 0.3) is 0 Å². The van der Waals surface area contributed by atoms with E-state index in [4.69, 9.17) is 5.11 Å². The molecule has 8 nitrogen and oxygen atoms in total. The fourth-order valence-corrected chi connectivity index (χ4v) is 2.51. The summed E-state index contributed by atoms with van der Waals surface area (Å²) in [5.74, 6) is 0.139. The van der Waals surface area contributed by atoms with E-state index in [1.165, 1.54) is 0 Å². The maximum atomic E-state index is 11.3. The van der Waals surface area contributed by atoms with Crippen LogP contribution >= 0.6 is 0 Å². The zero-order valence-electron chi connectivity index (χ0n) is 11.6. The van der Waals surface area contributed by atoms with Crippen molar-refractivity contribution in [2.45, 2.75) is 38.0 Å². The second-order valence-corrected chi connectivity index (χ2v) is 6.77. The van der Waals surface area contributed by atoms with Crippen molar-refractivity contribution in [3.8, 4) is 0 Å². The van der Waals surface area contributed by atoms with Crippen molar-refractivity contribution in [1.29, 1.82) is 0 Å². The van der Waals surface area contributed by atoms with Gasteiger partial charge in [-0.2, -0.15) is 0 Å². The Morgan fingerprint density at radius 2 is 1.75 bits per heavy atom. The Kier molecular flexibility index (Phi) is 8.63. The minimum atomic E-state index is -4.51. The average molecular weight is 311 g/mol. The molecule has 0 aliphatic heterocycles. The number of aliphatic hydroxyl groups excluding tert-OH is 4. The summed E-state index contributed by atoms with van der Waals surface area (Å²) in [6.07, 6.45) is -1.93. The van der Waals surface area contributed by atoms with Crippen LogP contribution in [0.15, 0.2) is 0 Å². The van der Waals surface area contributed by atoms with Crippen LogP contribution in [0.2, 0.25) is 0 Å². The van der Waals surface area contributed by atoms with Gasteiger partial charge in [0, 0.05) is 0 Å².